The van der Waals surface area contributed by atoms with Gasteiger partial charge in [0.2, 0.25) is 11.9 Å². The lowest BCUT2D eigenvalue weighted by molar-refractivity contribution is -0.115. The number of carbonyl (C=O) groups excluding carboxylic acids is 1. The van der Waals surface area contributed by atoms with Crippen molar-refractivity contribution in [2.24, 2.45) is 5.73 Å². The molecule has 3 aromatic rings. The molecule has 0 aliphatic carbocycles. The lowest BCUT2D eigenvalue weighted by Gasteiger charge is -2.27. The molecule has 1 amide bonds. The van der Waals surface area contributed by atoms with Gasteiger partial charge >= 0.3 is 0 Å². The number of allylic oxidation sites excluding steroid dienone is 1. The number of rotatable bonds is 5. The van der Waals surface area contributed by atoms with Gasteiger partial charge in [0.1, 0.15) is 30.5 Å². The van der Waals surface area contributed by atoms with Crippen LogP contribution in [0.3, 0.4) is 0 Å². The Morgan fingerprint density at radius 1 is 1.31 bits per heavy atom. The van der Waals surface area contributed by atoms with Gasteiger partial charge in [-0.3, -0.25) is 4.79 Å². The van der Waals surface area contributed by atoms with Crippen LogP contribution in [0.1, 0.15) is 24.1 Å². The fourth-order valence-electron chi connectivity index (χ4n) is 3.29. The summed E-state index contributed by atoms with van der Waals surface area (Å²) < 4.78 is 21.2. The monoisotopic (exact) mass is 413 g/mol. The average Bonchev–Trinajstić information content (AvgIpc) is 3.15. The van der Waals surface area contributed by atoms with Crippen LogP contribution in [-0.4, -0.2) is 20.7 Å². The summed E-state index contributed by atoms with van der Waals surface area (Å²) >= 11 is 6.03. The average molecular weight is 414 g/mol. The van der Waals surface area contributed by atoms with Crippen molar-refractivity contribution in [3.63, 3.8) is 0 Å². The molecular formula is C20H17ClFN5O2. The first-order chi connectivity index (χ1) is 14.0. The smallest absolute Gasteiger partial charge is 0.248 e. The molecule has 0 fully saturated rings. The largest absolute Gasteiger partial charge is 0.489 e. The van der Waals surface area contributed by atoms with Gasteiger partial charge in [0.05, 0.1) is 10.6 Å². The van der Waals surface area contributed by atoms with E-state index in [0.29, 0.717) is 33.6 Å². The van der Waals surface area contributed by atoms with E-state index in [1.54, 1.807) is 48.0 Å². The number of ether oxygens (including phenoxy) is 1. The number of fused-ring (bicyclic) bond motifs is 1. The fourth-order valence-corrected chi connectivity index (χ4v) is 3.51. The summed E-state index contributed by atoms with van der Waals surface area (Å²) in [5.41, 5.74) is 7.70. The van der Waals surface area contributed by atoms with Gasteiger partial charge in [-0.2, -0.15) is 10.1 Å². The molecule has 1 unspecified atom stereocenters. The van der Waals surface area contributed by atoms with Crippen molar-refractivity contribution >= 4 is 23.5 Å². The Kier molecular flexibility index (Phi) is 4.94. The van der Waals surface area contributed by atoms with E-state index in [-0.39, 0.29) is 6.61 Å². The lowest BCUT2D eigenvalue weighted by atomic mass is 9.95. The van der Waals surface area contributed by atoms with E-state index in [2.05, 4.69) is 15.4 Å². The van der Waals surface area contributed by atoms with Crippen molar-refractivity contribution < 1.29 is 13.9 Å². The van der Waals surface area contributed by atoms with Crippen LogP contribution in [0.15, 0.2) is 60.1 Å². The highest BCUT2D eigenvalue weighted by molar-refractivity contribution is 6.31. The fraction of sp³-hybridized carbons (Fsp3) is 0.150. The van der Waals surface area contributed by atoms with Gasteiger partial charge in [-0.1, -0.05) is 29.8 Å². The number of benzene rings is 2. The molecule has 1 aliphatic rings. The molecule has 4 rings (SSSR count). The van der Waals surface area contributed by atoms with E-state index in [0.717, 1.165) is 5.56 Å². The number of amides is 1. The molecule has 1 atom stereocenters. The van der Waals surface area contributed by atoms with Gasteiger partial charge in [-0.05, 0) is 36.8 Å². The predicted octanol–water partition coefficient (Wildman–Crippen LogP) is 3.42. The third-order valence-corrected chi connectivity index (χ3v) is 5.05. The number of aromatic nitrogens is 3. The van der Waals surface area contributed by atoms with Crippen molar-refractivity contribution in [2.75, 3.05) is 5.32 Å². The van der Waals surface area contributed by atoms with Crippen LogP contribution >= 0.6 is 11.6 Å². The minimum absolute atomic E-state index is 0.00300. The zero-order chi connectivity index (χ0) is 20.5. The first-order valence-corrected chi connectivity index (χ1v) is 9.16. The highest BCUT2D eigenvalue weighted by Crippen LogP contribution is 2.35. The van der Waals surface area contributed by atoms with Crippen molar-refractivity contribution in [1.82, 2.24) is 14.8 Å². The quantitative estimate of drug-likeness (QED) is 0.668. The van der Waals surface area contributed by atoms with Crippen LogP contribution in [0.5, 0.6) is 5.75 Å². The first kappa shape index (κ1) is 18.9. The zero-order valence-electron chi connectivity index (χ0n) is 15.4. The van der Waals surface area contributed by atoms with E-state index < -0.39 is 17.8 Å². The van der Waals surface area contributed by atoms with Crippen LogP contribution < -0.4 is 15.8 Å². The summed E-state index contributed by atoms with van der Waals surface area (Å²) in [7, 11) is 0. The molecule has 0 radical (unpaired) electrons. The van der Waals surface area contributed by atoms with Crippen molar-refractivity contribution in [2.45, 2.75) is 19.6 Å². The molecular weight excluding hydrogens is 397 g/mol. The number of carbonyl (C=O) groups is 1. The molecule has 2 heterocycles. The summed E-state index contributed by atoms with van der Waals surface area (Å²) in [6, 6.07) is 11.0. The molecule has 148 valence electrons. The van der Waals surface area contributed by atoms with Crippen LogP contribution in [0.4, 0.5) is 10.3 Å². The van der Waals surface area contributed by atoms with Crippen LogP contribution in [0.2, 0.25) is 5.02 Å². The molecule has 2 aromatic carbocycles. The number of nitrogens with zero attached hydrogens (tertiary/aromatic N) is 3. The van der Waals surface area contributed by atoms with Crippen molar-refractivity contribution in [1.29, 1.82) is 0 Å². The Morgan fingerprint density at radius 3 is 2.76 bits per heavy atom. The Hall–Kier alpha value is -3.39. The molecule has 0 bridgehead atoms. The van der Waals surface area contributed by atoms with Gasteiger partial charge in [0, 0.05) is 11.3 Å². The van der Waals surface area contributed by atoms with Gasteiger partial charge in [0.25, 0.3) is 0 Å². The van der Waals surface area contributed by atoms with Gasteiger partial charge in [-0.15, -0.1) is 0 Å². The number of halogens is 2. The van der Waals surface area contributed by atoms with Gasteiger partial charge in [0.15, 0.2) is 0 Å². The van der Waals surface area contributed by atoms with Crippen LogP contribution in [0, 0.1) is 5.82 Å². The summed E-state index contributed by atoms with van der Waals surface area (Å²) in [6.07, 6.45) is 1.40. The third-order valence-electron chi connectivity index (χ3n) is 4.70. The maximum Gasteiger partial charge on any atom is 0.248 e. The molecule has 0 spiro atoms. The van der Waals surface area contributed by atoms with E-state index in [1.807, 2.05) is 0 Å². The highest BCUT2D eigenvalue weighted by Gasteiger charge is 2.32. The molecule has 0 saturated heterocycles. The molecule has 7 nitrogen and oxygen atoms in total. The SMILES string of the molecule is CC1=C(C(N)=O)C(c2ccc(OCc3c(F)cccc3Cl)cc2)n2ncnc2N1. The number of primary amides is 1. The topological polar surface area (TPSA) is 95.1 Å². The van der Waals surface area contributed by atoms with Crippen molar-refractivity contribution in [3.8, 4) is 5.75 Å². The van der Waals surface area contributed by atoms with Crippen molar-refractivity contribution in [3.05, 3.63) is 82.0 Å². The molecule has 3 N–H and O–H groups in total. The normalized spacial score (nSPS) is 15.6. The maximum atomic E-state index is 13.9. The molecule has 1 aliphatic heterocycles. The minimum Gasteiger partial charge on any atom is -0.489 e. The molecule has 0 saturated carbocycles. The summed E-state index contributed by atoms with van der Waals surface area (Å²) in [6.45, 7) is 1.76. The predicted molar refractivity (Wildman–Crippen MR) is 106 cm³/mol. The second kappa shape index (κ2) is 7.56. The summed E-state index contributed by atoms with van der Waals surface area (Å²) in [5, 5.41) is 7.55. The van der Waals surface area contributed by atoms with E-state index in [4.69, 9.17) is 22.1 Å². The maximum absolute atomic E-state index is 13.9. The van der Waals surface area contributed by atoms with E-state index in [1.165, 1.54) is 12.4 Å². The van der Waals surface area contributed by atoms with Crippen LogP contribution in [0.25, 0.3) is 0 Å². The Morgan fingerprint density at radius 2 is 2.07 bits per heavy atom. The van der Waals surface area contributed by atoms with Crippen LogP contribution in [-0.2, 0) is 11.4 Å². The standard InChI is InChI=1S/C20H17ClFN5O2/c1-11-17(19(23)28)18(27-20(26-11)24-10-25-27)12-5-7-13(8-6-12)29-9-14-15(21)3-2-4-16(14)22/h2-8,10,18H,9H2,1H3,(H2,23,28)(H,24,25,26). The number of nitrogens with one attached hydrogen (secondary N) is 1. The zero-order valence-corrected chi connectivity index (χ0v) is 16.2. The molecule has 1 aromatic heterocycles. The Labute approximate surface area is 171 Å². The van der Waals surface area contributed by atoms with Gasteiger partial charge < -0.3 is 15.8 Å². The summed E-state index contributed by atoms with van der Waals surface area (Å²) in [5.74, 6) is 0.0825. The second-order valence-corrected chi connectivity index (χ2v) is 6.92. The number of anilines is 1. The number of hydrogen-bond acceptors (Lipinski definition) is 5. The van der Waals surface area contributed by atoms with E-state index in [9.17, 15) is 9.18 Å². The molecule has 29 heavy (non-hydrogen) atoms. The number of nitrogens with two attached hydrogens (primary N) is 1. The Balaban J connectivity index is 1.60. The minimum atomic E-state index is -0.546. The third kappa shape index (κ3) is 3.54. The highest BCUT2D eigenvalue weighted by atomic mass is 35.5. The number of hydrogen-bond donors (Lipinski definition) is 2. The molecule has 9 heteroatoms. The summed E-state index contributed by atoms with van der Waals surface area (Å²) in [4.78, 5) is 16.2. The Bertz CT molecular complexity index is 1090. The van der Waals surface area contributed by atoms with Gasteiger partial charge in [-0.25, -0.2) is 9.07 Å². The second-order valence-electron chi connectivity index (χ2n) is 6.52. The lowest BCUT2D eigenvalue weighted by Crippen LogP contribution is -2.31. The first-order valence-electron chi connectivity index (χ1n) is 8.78. The van der Waals surface area contributed by atoms with E-state index >= 15 is 0 Å².